The molecule has 0 heterocycles. The molecule has 18 heavy (non-hydrogen) atoms. The molecule has 0 fully saturated rings. The lowest BCUT2D eigenvalue weighted by molar-refractivity contribution is 0.0803. The molecule has 7 heteroatoms. The SMILES string of the molecule is CN(CCS(C)(=O)=O)C(=O)c1ccc(Cl)c(Br)c1. The number of benzene rings is 1. The first-order valence-corrected chi connectivity index (χ1v) is 8.32. The fraction of sp³-hybridized carbons (Fsp3) is 0.364. The molecule has 0 aliphatic heterocycles. The highest BCUT2D eigenvalue weighted by atomic mass is 79.9. The van der Waals surface area contributed by atoms with E-state index in [4.69, 9.17) is 11.6 Å². The van der Waals surface area contributed by atoms with Crippen LogP contribution in [0.4, 0.5) is 0 Å². The van der Waals surface area contributed by atoms with Crippen molar-refractivity contribution in [3.8, 4) is 0 Å². The summed E-state index contributed by atoms with van der Waals surface area (Å²) in [5, 5.41) is 0.519. The summed E-state index contributed by atoms with van der Waals surface area (Å²) < 4.78 is 22.7. The van der Waals surface area contributed by atoms with Crippen molar-refractivity contribution in [2.75, 3.05) is 25.6 Å². The number of sulfone groups is 1. The lowest BCUT2D eigenvalue weighted by atomic mass is 10.2. The second-order valence-electron chi connectivity index (χ2n) is 3.99. The van der Waals surface area contributed by atoms with E-state index in [1.54, 1.807) is 25.2 Å². The second kappa shape index (κ2) is 6.04. The van der Waals surface area contributed by atoms with Crippen LogP contribution in [0.2, 0.25) is 5.02 Å². The van der Waals surface area contributed by atoms with E-state index in [0.29, 0.717) is 15.1 Å². The largest absolute Gasteiger partial charge is 0.341 e. The van der Waals surface area contributed by atoms with Crippen LogP contribution >= 0.6 is 27.5 Å². The number of nitrogens with zero attached hydrogens (tertiary/aromatic N) is 1. The molecule has 0 aliphatic carbocycles. The molecule has 4 nitrogen and oxygen atoms in total. The van der Waals surface area contributed by atoms with Gasteiger partial charge < -0.3 is 4.90 Å². The average Bonchev–Trinajstić information content (AvgIpc) is 2.27. The van der Waals surface area contributed by atoms with Gasteiger partial charge in [0.05, 0.1) is 10.8 Å². The van der Waals surface area contributed by atoms with Gasteiger partial charge in [-0.25, -0.2) is 8.42 Å². The van der Waals surface area contributed by atoms with E-state index in [0.717, 1.165) is 6.26 Å². The van der Waals surface area contributed by atoms with E-state index in [1.165, 1.54) is 4.90 Å². The standard InChI is InChI=1S/C11H13BrClNO3S/c1-14(5-6-18(2,16)17)11(15)8-3-4-10(13)9(12)7-8/h3-4,7H,5-6H2,1-2H3. The van der Waals surface area contributed by atoms with Crippen LogP contribution in [0, 0.1) is 0 Å². The van der Waals surface area contributed by atoms with Gasteiger partial charge in [0.25, 0.3) is 5.91 Å². The zero-order valence-electron chi connectivity index (χ0n) is 9.98. The van der Waals surface area contributed by atoms with Gasteiger partial charge in [-0.15, -0.1) is 0 Å². The molecule has 1 aromatic carbocycles. The smallest absolute Gasteiger partial charge is 0.253 e. The topological polar surface area (TPSA) is 54.5 Å². The number of rotatable bonds is 4. The molecule has 0 aromatic heterocycles. The minimum absolute atomic E-state index is 0.0516. The van der Waals surface area contributed by atoms with E-state index >= 15 is 0 Å². The number of amides is 1. The summed E-state index contributed by atoms with van der Waals surface area (Å²) in [5.74, 6) is -0.291. The third kappa shape index (κ3) is 4.59. The van der Waals surface area contributed by atoms with Gasteiger partial charge in [-0.3, -0.25) is 4.79 Å². The van der Waals surface area contributed by atoms with Crippen LogP contribution in [0.3, 0.4) is 0 Å². The number of halogens is 2. The fourth-order valence-corrected chi connectivity index (χ4v) is 2.36. The molecule has 0 spiro atoms. The van der Waals surface area contributed by atoms with E-state index in [1.807, 2.05) is 0 Å². The van der Waals surface area contributed by atoms with Gasteiger partial charge >= 0.3 is 0 Å². The van der Waals surface area contributed by atoms with Crippen molar-refractivity contribution in [2.24, 2.45) is 0 Å². The lowest BCUT2D eigenvalue weighted by Crippen LogP contribution is -2.31. The summed E-state index contributed by atoms with van der Waals surface area (Å²) in [5.41, 5.74) is 0.460. The van der Waals surface area contributed by atoms with Gasteiger partial charge in [-0.05, 0) is 34.1 Å². The van der Waals surface area contributed by atoms with E-state index in [-0.39, 0.29) is 18.2 Å². The van der Waals surface area contributed by atoms with E-state index in [2.05, 4.69) is 15.9 Å². The van der Waals surface area contributed by atoms with Crippen LogP contribution in [-0.4, -0.2) is 44.8 Å². The Morgan fingerprint density at radius 3 is 2.56 bits per heavy atom. The number of hydrogen-bond donors (Lipinski definition) is 0. The maximum absolute atomic E-state index is 12.0. The minimum atomic E-state index is -3.07. The molecule has 0 unspecified atom stereocenters. The zero-order chi connectivity index (χ0) is 13.9. The van der Waals surface area contributed by atoms with Crippen LogP contribution < -0.4 is 0 Å². The van der Waals surface area contributed by atoms with Gasteiger partial charge in [-0.2, -0.15) is 0 Å². The number of carbonyl (C=O) groups excluding carboxylic acids is 1. The summed E-state index contributed by atoms with van der Waals surface area (Å²) in [6.45, 7) is 0.165. The third-order valence-electron chi connectivity index (χ3n) is 2.31. The first-order valence-electron chi connectivity index (χ1n) is 5.09. The molecule has 0 bridgehead atoms. The predicted octanol–water partition coefficient (Wildman–Crippen LogP) is 2.22. The first-order chi connectivity index (χ1) is 8.20. The highest BCUT2D eigenvalue weighted by molar-refractivity contribution is 9.10. The number of carbonyl (C=O) groups is 1. The Morgan fingerprint density at radius 1 is 1.44 bits per heavy atom. The summed E-state index contributed by atoms with van der Waals surface area (Å²) >= 11 is 9.07. The van der Waals surface area contributed by atoms with Gasteiger partial charge in [0, 0.05) is 29.9 Å². The summed E-state index contributed by atoms with van der Waals surface area (Å²) in [6, 6.07) is 4.83. The Balaban J connectivity index is 2.77. The maximum Gasteiger partial charge on any atom is 0.253 e. The third-order valence-corrected chi connectivity index (χ3v) is 4.45. The second-order valence-corrected chi connectivity index (χ2v) is 7.51. The molecule has 100 valence electrons. The van der Waals surface area contributed by atoms with Crippen LogP contribution in [-0.2, 0) is 9.84 Å². The molecular weight excluding hydrogens is 342 g/mol. The van der Waals surface area contributed by atoms with Crippen molar-refractivity contribution in [3.63, 3.8) is 0 Å². The quantitative estimate of drug-likeness (QED) is 0.833. The van der Waals surface area contributed by atoms with Crippen LogP contribution in [0.15, 0.2) is 22.7 Å². The van der Waals surface area contributed by atoms with Crippen molar-refractivity contribution >= 4 is 43.3 Å². The van der Waals surface area contributed by atoms with Gasteiger partial charge in [0.1, 0.15) is 9.84 Å². The normalized spacial score (nSPS) is 11.3. The molecule has 0 saturated heterocycles. The van der Waals surface area contributed by atoms with Crippen LogP contribution in [0.1, 0.15) is 10.4 Å². The van der Waals surface area contributed by atoms with Gasteiger partial charge in [0.15, 0.2) is 0 Å². The van der Waals surface area contributed by atoms with Gasteiger partial charge in [0.2, 0.25) is 0 Å². The highest BCUT2D eigenvalue weighted by Crippen LogP contribution is 2.23. The Kier molecular flexibility index (Phi) is 5.19. The summed E-state index contributed by atoms with van der Waals surface area (Å²) in [6.07, 6.45) is 1.14. The Morgan fingerprint density at radius 2 is 2.06 bits per heavy atom. The minimum Gasteiger partial charge on any atom is -0.341 e. The van der Waals surface area contributed by atoms with Crippen LogP contribution in [0.5, 0.6) is 0 Å². The van der Waals surface area contributed by atoms with Crippen molar-refractivity contribution in [3.05, 3.63) is 33.3 Å². The molecule has 0 atom stereocenters. The van der Waals surface area contributed by atoms with Crippen molar-refractivity contribution in [1.29, 1.82) is 0 Å². The van der Waals surface area contributed by atoms with E-state index < -0.39 is 9.84 Å². The molecule has 0 radical (unpaired) electrons. The molecule has 1 aromatic rings. The molecule has 0 saturated carbocycles. The molecule has 0 aliphatic rings. The molecule has 1 amide bonds. The van der Waals surface area contributed by atoms with Crippen LogP contribution in [0.25, 0.3) is 0 Å². The van der Waals surface area contributed by atoms with Crippen molar-refractivity contribution < 1.29 is 13.2 Å². The number of hydrogen-bond acceptors (Lipinski definition) is 3. The average molecular weight is 355 g/mol. The Hall–Kier alpha value is -0.590. The summed E-state index contributed by atoms with van der Waals surface area (Å²) in [7, 11) is -1.51. The molecule has 0 N–H and O–H groups in total. The monoisotopic (exact) mass is 353 g/mol. The highest BCUT2D eigenvalue weighted by Gasteiger charge is 2.14. The molecular formula is C11H13BrClNO3S. The van der Waals surface area contributed by atoms with E-state index in [9.17, 15) is 13.2 Å². The molecule has 1 rings (SSSR count). The Labute approximate surface area is 120 Å². The summed E-state index contributed by atoms with van der Waals surface area (Å²) in [4.78, 5) is 13.4. The zero-order valence-corrected chi connectivity index (χ0v) is 13.1. The lowest BCUT2D eigenvalue weighted by Gasteiger charge is -2.16. The Bertz CT molecular complexity index is 559. The maximum atomic E-state index is 12.0. The fourth-order valence-electron chi connectivity index (χ4n) is 1.25. The van der Waals surface area contributed by atoms with Gasteiger partial charge in [-0.1, -0.05) is 11.6 Å². The van der Waals surface area contributed by atoms with Crippen molar-refractivity contribution in [2.45, 2.75) is 0 Å². The first kappa shape index (κ1) is 15.5. The van der Waals surface area contributed by atoms with Crippen molar-refractivity contribution in [1.82, 2.24) is 4.90 Å². The predicted molar refractivity (Wildman–Crippen MR) is 75.8 cm³/mol.